The Kier molecular flexibility index (Phi) is 23.2. The number of methoxy groups -OCH3 is 3. The molecule has 1 atom stereocenters. The number of hydrogen-bond acceptors (Lipinski definition) is 15. The summed E-state index contributed by atoms with van der Waals surface area (Å²) in [6.07, 6.45) is 1.88. The highest BCUT2D eigenvalue weighted by Crippen LogP contribution is 2.38. The predicted molar refractivity (Wildman–Crippen MR) is 320 cm³/mol. The molecular weight excluding hydrogens is 1100 g/mol. The van der Waals surface area contributed by atoms with E-state index in [0.717, 1.165) is 36.2 Å². The molecule has 20 nitrogen and oxygen atoms in total. The Morgan fingerprint density at radius 1 is 0.548 bits per heavy atom. The van der Waals surface area contributed by atoms with Gasteiger partial charge in [-0.2, -0.15) is 5.26 Å². The van der Waals surface area contributed by atoms with E-state index in [1.165, 1.54) is 15.4 Å². The van der Waals surface area contributed by atoms with Crippen molar-refractivity contribution in [2.75, 3.05) is 99.9 Å². The van der Waals surface area contributed by atoms with Crippen molar-refractivity contribution < 1.29 is 57.5 Å². The molecule has 84 heavy (non-hydrogen) atoms. The number of likely N-dealkylation sites (tertiary alicyclic amines) is 5. The maximum atomic E-state index is 12.3. The third-order valence-electron chi connectivity index (χ3n) is 14.5. The number of carbonyl (C=O) groups excluding carboxylic acids is 5. The number of rotatable bonds is 8. The van der Waals surface area contributed by atoms with Crippen molar-refractivity contribution >= 4 is 42.5 Å². The SMILES string of the molecule is CC(C)(C)OC(=O)N1CC(=O)C1.CC(C)(C)OC(=O)N1CC(O)(c2ccccc2)C1.COC1(c2ccccc2)CN(C(=O)N[C@@H]2CCN(C#N)C2)C1.COC1(c2ccccc2)CN(C(=O)OC(C)(C)C)C1.COC1(c2ccccc2)CNC1.Cl. The molecule has 6 heterocycles. The first-order valence-corrected chi connectivity index (χ1v) is 28.1. The van der Waals surface area contributed by atoms with Crippen molar-refractivity contribution in [3.05, 3.63) is 144 Å². The molecule has 0 radical (unpaired) electrons. The Balaban J connectivity index is 0.000000195. The smallest absolute Gasteiger partial charge is 0.411 e. The van der Waals surface area contributed by atoms with Crippen LogP contribution in [-0.2, 0) is 55.6 Å². The van der Waals surface area contributed by atoms with Crippen LogP contribution >= 0.6 is 12.4 Å². The van der Waals surface area contributed by atoms with E-state index in [-0.39, 0.29) is 74.2 Å². The standard InChI is InChI=1S/C16H20N4O2.C15H21NO3.C14H19NO3.C10H13NO.C8H13NO3.ClH/c1-22-16(13-5-3-2-4-6-13)10-20(11-16)15(21)18-14-7-8-19(9-14)12-17;1-14(2,3)19-13(17)16-10-15(11-16,18-4)12-8-6-5-7-9-12;1-13(2,3)18-12(16)15-9-14(17,10-15)11-7-5-4-6-8-11;1-12-10(7-11-8-10)9-5-3-2-4-6-9;1-8(2,3)12-7(11)9-4-6(10)5-9;/h2-6,14H,7-11H2,1H3,(H,18,21);5-9H,10-11H2,1-4H3;4-8,17H,9-10H2,1-3H3;2-6,11H,7-8H2,1H3;4-5H2,1-3H3;1H/t14-;;;;;/m1...../s1. The molecule has 6 saturated heterocycles. The number of urea groups is 1. The van der Waals surface area contributed by atoms with E-state index >= 15 is 0 Å². The fourth-order valence-electron chi connectivity index (χ4n) is 9.68. The molecule has 0 aliphatic carbocycles. The molecule has 0 bridgehead atoms. The number of benzene rings is 4. The second-order valence-electron chi connectivity index (χ2n) is 24.6. The molecule has 6 aliphatic heterocycles. The Morgan fingerprint density at radius 2 is 0.893 bits per heavy atom. The molecule has 10 rings (SSSR count). The van der Waals surface area contributed by atoms with Crippen molar-refractivity contribution in [2.45, 2.75) is 114 Å². The van der Waals surface area contributed by atoms with Crippen molar-refractivity contribution in [3.8, 4) is 6.19 Å². The minimum atomic E-state index is -0.932. The van der Waals surface area contributed by atoms with Crippen LogP contribution in [-0.4, -0.2) is 182 Å². The van der Waals surface area contributed by atoms with Crippen LogP contribution < -0.4 is 10.6 Å². The monoisotopic (exact) mass is 1180 g/mol. The minimum Gasteiger partial charge on any atom is -0.444 e. The van der Waals surface area contributed by atoms with Crippen molar-refractivity contribution in [1.82, 2.24) is 35.1 Å². The van der Waals surface area contributed by atoms with Crippen molar-refractivity contribution in [3.63, 3.8) is 0 Å². The second-order valence-corrected chi connectivity index (χ2v) is 24.6. The van der Waals surface area contributed by atoms with Gasteiger partial charge in [-0.05, 0) is 91.0 Å². The number of ketones is 1. The molecule has 4 aromatic carbocycles. The molecule has 0 saturated carbocycles. The number of nitrogens with zero attached hydrogens (tertiary/aromatic N) is 6. The summed E-state index contributed by atoms with van der Waals surface area (Å²) >= 11 is 0. The van der Waals surface area contributed by atoms with E-state index < -0.39 is 39.7 Å². The summed E-state index contributed by atoms with van der Waals surface area (Å²) in [5.74, 6) is 0.0841. The fraction of sp³-hybridized carbons (Fsp3) is 0.524. The summed E-state index contributed by atoms with van der Waals surface area (Å²) in [5.41, 5.74) is 1.08. The average Bonchev–Trinajstić information content (AvgIpc) is 1.20. The van der Waals surface area contributed by atoms with Crippen LogP contribution in [0.25, 0.3) is 0 Å². The maximum absolute atomic E-state index is 12.3. The average molecular weight is 1180 g/mol. The highest BCUT2D eigenvalue weighted by atomic mass is 35.5. The first-order valence-electron chi connectivity index (χ1n) is 28.1. The van der Waals surface area contributed by atoms with Gasteiger partial charge in [0.1, 0.15) is 39.2 Å². The molecule has 0 aromatic heterocycles. The molecule has 6 fully saturated rings. The highest BCUT2D eigenvalue weighted by molar-refractivity contribution is 5.94. The molecular formula is C63H87ClN8O12. The molecule has 458 valence electrons. The van der Waals surface area contributed by atoms with Gasteiger partial charge in [0.25, 0.3) is 0 Å². The quantitative estimate of drug-likeness (QED) is 0.111. The van der Waals surface area contributed by atoms with Crippen molar-refractivity contribution in [1.29, 1.82) is 5.26 Å². The highest BCUT2D eigenvalue weighted by Gasteiger charge is 2.50. The number of aliphatic hydroxyl groups is 1. The van der Waals surface area contributed by atoms with Gasteiger partial charge in [0.2, 0.25) is 0 Å². The largest absolute Gasteiger partial charge is 0.444 e. The lowest BCUT2D eigenvalue weighted by molar-refractivity contribution is -0.128. The van der Waals surface area contributed by atoms with Gasteiger partial charge in [-0.15, -0.1) is 12.4 Å². The van der Waals surface area contributed by atoms with Gasteiger partial charge < -0.3 is 63.8 Å². The zero-order chi connectivity index (χ0) is 60.9. The lowest BCUT2D eigenvalue weighted by atomic mass is 9.86. The van der Waals surface area contributed by atoms with Gasteiger partial charge in [0.05, 0.1) is 58.4 Å². The summed E-state index contributed by atoms with van der Waals surface area (Å²) in [6, 6.07) is 39.7. The molecule has 21 heteroatoms. The lowest BCUT2D eigenvalue weighted by Gasteiger charge is -2.49. The molecule has 0 unspecified atom stereocenters. The summed E-state index contributed by atoms with van der Waals surface area (Å²) < 4.78 is 32.4. The Hall–Kier alpha value is -6.99. The number of carbonyl (C=O) groups is 5. The van der Waals surface area contributed by atoms with Crippen LogP contribution in [0.2, 0.25) is 0 Å². The number of amides is 5. The Morgan fingerprint density at radius 3 is 1.21 bits per heavy atom. The third kappa shape index (κ3) is 18.3. The number of halogens is 1. The zero-order valence-electron chi connectivity index (χ0n) is 50.8. The van der Waals surface area contributed by atoms with E-state index in [2.05, 4.69) is 41.1 Å². The molecule has 6 aliphatic rings. The molecule has 0 spiro atoms. The second kappa shape index (κ2) is 28.7. The van der Waals surface area contributed by atoms with Gasteiger partial charge in [0.15, 0.2) is 12.0 Å². The number of nitriles is 1. The van der Waals surface area contributed by atoms with Crippen LogP contribution in [0.5, 0.6) is 0 Å². The van der Waals surface area contributed by atoms with Crippen LogP contribution in [0.1, 0.15) is 91.0 Å². The van der Waals surface area contributed by atoms with Crippen LogP contribution in [0.15, 0.2) is 121 Å². The van der Waals surface area contributed by atoms with Gasteiger partial charge in [-0.3, -0.25) is 9.69 Å². The van der Waals surface area contributed by atoms with E-state index in [0.29, 0.717) is 39.3 Å². The third-order valence-corrected chi connectivity index (χ3v) is 14.5. The number of Topliss-reactive ketones (excluding diaryl/α,β-unsaturated/α-hetero) is 1. The van der Waals surface area contributed by atoms with Gasteiger partial charge in [-0.1, -0.05) is 121 Å². The lowest BCUT2D eigenvalue weighted by Crippen LogP contribution is -2.64. The number of hydrogen-bond donors (Lipinski definition) is 3. The van der Waals surface area contributed by atoms with Gasteiger partial charge in [0, 0.05) is 47.5 Å². The maximum Gasteiger partial charge on any atom is 0.411 e. The van der Waals surface area contributed by atoms with Crippen LogP contribution in [0.4, 0.5) is 19.2 Å². The summed E-state index contributed by atoms with van der Waals surface area (Å²) in [6.45, 7) is 22.8. The number of nitrogens with one attached hydrogen (secondary N) is 2. The van der Waals surface area contributed by atoms with Crippen LogP contribution in [0, 0.1) is 11.5 Å². The molecule has 3 N–H and O–H groups in total. The number of β-amino-alcohol motifs (C(OH)–C–C–N with tert-alkyl or cyclic N) is 1. The predicted octanol–water partition coefficient (Wildman–Crippen LogP) is 8.37. The Bertz CT molecular complexity index is 2790. The zero-order valence-corrected chi connectivity index (χ0v) is 51.7. The summed E-state index contributed by atoms with van der Waals surface area (Å²) in [7, 11) is 5.14. The summed E-state index contributed by atoms with van der Waals surface area (Å²) in [4.78, 5) is 65.6. The van der Waals surface area contributed by atoms with Gasteiger partial charge >= 0.3 is 24.3 Å². The van der Waals surface area contributed by atoms with Gasteiger partial charge in [-0.25, -0.2) is 19.2 Å². The van der Waals surface area contributed by atoms with E-state index in [4.69, 9.17) is 33.7 Å². The normalized spacial score (nSPS) is 19.2. The topological polar surface area (TPSA) is 225 Å². The van der Waals surface area contributed by atoms with Crippen LogP contribution in [0.3, 0.4) is 0 Å². The van der Waals surface area contributed by atoms with Crippen molar-refractivity contribution in [2.24, 2.45) is 0 Å². The number of ether oxygens (including phenoxy) is 6. The Labute approximate surface area is 502 Å². The minimum absolute atomic E-state index is 0. The first kappa shape index (κ1) is 67.8. The summed E-state index contributed by atoms with van der Waals surface area (Å²) in [5, 5.41) is 25.4. The fourth-order valence-corrected chi connectivity index (χ4v) is 9.68. The first-order chi connectivity index (χ1) is 39.1. The van der Waals surface area contributed by atoms with E-state index in [1.54, 1.807) is 56.8 Å². The molecule has 5 amide bonds. The molecule has 4 aromatic rings. The van der Waals surface area contributed by atoms with E-state index in [9.17, 15) is 29.1 Å². The van der Waals surface area contributed by atoms with E-state index in [1.807, 2.05) is 139 Å².